The molecular weight excluding hydrogens is 188 g/mol. The number of rotatable bonds is 4. The highest BCUT2D eigenvalue weighted by Crippen LogP contribution is 2.11. The molecule has 0 aromatic heterocycles. The van der Waals surface area contributed by atoms with E-state index in [1.54, 1.807) is 6.08 Å². The van der Waals surface area contributed by atoms with Crippen molar-refractivity contribution in [1.82, 2.24) is 9.03 Å². The standard InChI is InChI=1S/C8H16N2O2S/c1-2-6-9-13(11,12)10-7-4-3-5-8-10/h2,9H,1,3-8H2. The molecule has 5 heteroatoms. The van der Waals surface area contributed by atoms with Gasteiger partial charge in [-0.25, -0.2) is 0 Å². The van der Waals surface area contributed by atoms with E-state index in [2.05, 4.69) is 11.3 Å². The van der Waals surface area contributed by atoms with E-state index in [-0.39, 0.29) is 0 Å². The Morgan fingerprint density at radius 2 is 1.92 bits per heavy atom. The Bertz CT molecular complexity index is 255. The molecule has 0 aromatic carbocycles. The molecule has 1 N–H and O–H groups in total. The normalized spacial score (nSPS) is 20.0. The number of hydrogen-bond acceptors (Lipinski definition) is 2. The largest absolute Gasteiger partial charge is 0.279 e. The van der Waals surface area contributed by atoms with Gasteiger partial charge >= 0.3 is 0 Å². The lowest BCUT2D eigenvalue weighted by molar-refractivity contribution is 0.342. The van der Waals surface area contributed by atoms with Gasteiger partial charge in [-0.3, -0.25) is 0 Å². The first kappa shape index (κ1) is 10.7. The molecule has 1 saturated heterocycles. The van der Waals surface area contributed by atoms with Crippen LogP contribution in [0.4, 0.5) is 0 Å². The molecule has 0 aliphatic carbocycles. The van der Waals surface area contributed by atoms with E-state index in [0.29, 0.717) is 19.6 Å². The third-order valence-corrected chi connectivity index (χ3v) is 3.64. The average molecular weight is 204 g/mol. The molecule has 1 aliphatic heterocycles. The van der Waals surface area contributed by atoms with Crippen LogP contribution in [-0.4, -0.2) is 32.4 Å². The van der Waals surface area contributed by atoms with Gasteiger partial charge in [0, 0.05) is 19.6 Å². The fraction of sp³-hybridized carbons (Fsp3) is 0.750. The Kier molecular flexibility index (Phi) is 3.90. The molecule has 1 heterocycles. The van der Waals surface area contributed by atoms with Gasteiger partial charge in [-0.2, -0.15) is 17.4 Å². The fourth-order valence-electron chi connectivity index (χ4n) is 1.36. The molecule has 0 bridgehead atoms. The lowest BCUT2D eigenvalue weighted by atomic mass is 10.2. The minimum Gasteiger partial charge on any atom is -0.198 e. The number of nitrogens with zero attached hydrogens (tertiary/aromatic N) is 1. The monoisotopic (exact) mass is 204 g/mol. The van der Waals surface area contributed by atoms with Gasteiger partial charge in [0.15, 0.2) is 0 Å². The molecular formula is C8H16N2O2S. The highest BCUT2D eigenvalue weighted by molar-refractivity contribution is 7.87. The first-order chi connectivity index (χ1) is 6.17. The van der Waals surface area contributed by atoms with Crippen molar-refractivity contribution in [3.63, 3.8) is 0 Å². The second-order valence-corrected chi connectivity index (χ2v) is 4.86. The zero-order valence-electron chi connectivity index (χ0n) is 7.70. The third-order valence-electron chi connectivity index (χ3n) is 2.07. The fourth-order valence-corrected chi connectivity index (χ4v) is 2.61. The van der Waals surface area contributed by atoms with E-state index in [1.165, 1.54) is 4.31 Å². The topological polar surface area (TPSA) is 49.4 Å². The van der Waals surface area contributed by atoms with Crippen LogP contribution in [0.1, 0.15) is 19.3 Å². The average Bonchev–Trinajstić information content (AvgIpc) is 2.16. The maximum Gasteiger partial charge on any atom is 0.279 e. The van der Waals surface area contributed by atoms with Crippen molar-refractivity contribution < 1.29 is 8.42 Å². The molecule has 0 radical (unpaired) electrons. The summed E-state index contributed by atoms with van der Waals surface area (Å²) in [6.07, 6.45) is 4.61. The Balaban J connectivity index is 2.51. The van der Waals surface area contributed by atoms with E-state index in [9.17, 15) is 8.42 Å². The summed E-state index contributed by atoms with van der Waals surface area (Å²) in [4.78, 5) is 0. The van der Waals surface area contributed by atoms with Crippen LogP contribution in [0.2, 0.25) is 0 Å². The number of piperidine rings is 1. The summed E-state index contributed by atoms with van der Waals surface area (Å²) in [7, 11) is -3.23. The van der Waals surface area contributed by atoms with Gasteiger partial charge in [0.2, 0.25) is 0 Å². The second-order valence-electron chi connectivity index (χ2n) is 3.10. The van der Waals surface area contributed by atoms with E-state index < -0.39 is 10.2 Å². The molecule has 1 aliphatic rings. The molecule has 1 fully saturated rings. The Hall–Kier alpha value is -0.390. The van der Waals surface area contributed by atoms with Gasteiger partial charge in [-0.15, -0.1) is 6.58 Å². The van der Waals surface area contributed by atoms with Crippen molar-refractivity contribution in [3.05, 3.63) is 12.7 Å². The molecule has 0 spiro atoms. The van der Waals surface area contributed by atoms with E-state index in [1.807, 2.05) is 0 Å². The molecule has 13 heavy (non-hydrogen) atoms. The van der Waals surface area contributed by atoms with Gasteiger partial charge in [0.25, 0.3) is 10.2 Å². The second kappa shape index (κ2) is 4.74. The molecule has 4 nitrogen and oxygen atoms in total. The molecule has 0 unspecified atom stereocenters. The Morgan fingerprint density at radius 3 is 2.46 bits per heavy atom. The van der Waals surface area contributed by atoms with Crippen LogP contribution in [0, 0.1) is 0 Å². The van der Waals surface area contributed by atoms with Gasteiger partial charge in [0.05, 0.1) is 0 Å². The van der Waals surface area contributed by atoms with E-state index in [0.717, 1.165) is 19.3 Å². The van der Waals surface area contributed by atoms with Crippen LogP contribution < -0.4 is 4.72 Å². The van der Waals surface area contributed by atoms with Crippen molar-refractivity contribution in [3.8, 4) is 0 Å². The molecule has 0 saturated carbocycles. The summed E-state index contributed by atoms with van der Waals surface area (Å²) in [6.45, 7) is 5.06. The van der Waals surface area contributed by atoms with Gasteiger partial charge in [0.1, 0.15) is 0 Å². The van der Waals surface area contributed by atoms with Crippen LogP contribution in [-0.2, 0) is 10.2 Å². The maximum absolute atomic E-state index is 11.5. The molecule has 0 aromatic rings. The van der Waals surface area contributed by atoms with E-state index >= 15 is 0 Å². The predicted molar refractivity (Wildman–Crippen MR) is 52.5 cm³/mol. The van der Waals surface area contributed by atoms with Crippen molar-refractivity contribution in [2.45, 2.75) is 19.3 Å². The van der Waals surface area contributed by atoms with Crippen LogP contribution in [0.15, 0.2) is 12.7 Å². The Morgan fingerprint density at radius 1 is 1.31 bits per heavy atom. The van der Waals surface area contributed by atoms with E-state index in [4.69, 9.17) is 0 Å². The third kappa shape index (κ3) is 3.10. The van der Waals surface area contributed by atoms with Crippen LogP contribution in [0.25, 0.3) is 0 Å². The lowest BCUT2D eigenvalue weighted by Gasteiger charge is -2.25. The van der Waals surface area contributed by atoms with Gasteiger partial charge < -0.3 is 0 Å². The minimum atomic E-state index is -3.23. The number of nitrogens with one attached hydrogen (secondary N) is 1. The van der Waals surface area contributed by atoms with Crippen molar-refractivity contribution in [1.29, 1.82) is 0 Å². The first-order valence-corrected chi connectivity index (χ1v) is 5.96. The summed E-state index contributed by atoms with van der Waals surface area (Å²) in [6, 6.07) is 0. The highest BCUT2D eigenvalue weighted by atomic mass is 32.2. The van der Waals surface area contributed by atoms with Crippen molar-refractivity contribution >= 4 is 10.2 Å². The maximum atomic E-state index is 11.5. The summed E-state index contributed by atoms with van der Waals surface area (Å²) in [5.74, 6) is 0. The SMILES string of the molecule is C=CCNS(=O)(=O)N1CCCCC1. The van der Waals surface area contributed by atoms with Crippen LogP contribution in [0.3, 0.4) is 0 Å². The molecule has 76 valence electrons. The summed E-state index contributed by atoms with van der Waals surface area (Å²) in [5, 5.41) is 0. The number of hydrogen-bond donors (Lipinski definition) is 1. The van der Waals surface area contributed by atoms with Crippen LogP contribution >= 0.6 is 0 Å². The molecule has 0 amide bonds. The predicted octanol–water partition coefficient (Wildman–Crippen LogP) is 0.493. The Labute approximate surface area is 79.8 Å². The van der Waals surface area contributed by atoms with Crippen LogP contribution in [0.5, 0.6) is 0 Å². The first-order valence-electron chi connectivity index (χ1n) is 4.52. The lowest BCUT2D eigenvalue weighted by Crippen LogP contribution is -2.43. The smallest absolute Gasteiger partial charge is 0.198 e. The zero-order chi connectivity index (χ0) is 9.73. The van der Waals surface area contributed by atoms with Crippen molar-refractivity contribution in [2.24, 2.45) is 0 Å². The molecule has 1 rings (SSSR count). The van der Waals surface area contributed by atoms with Gasteiger partial charge in [-0.05, 0) is 12.8 Å². The quantitative estimate of drug-likeness (QED) is 0.678. The summed E-state index contributed by atoms with van der Waals surface area (Å²) < 4.78 is 27.0. The minimum absolute atomic E-state index is 0.304. The summed E-state index contributed by atoms with van der Waals surface area (Å²) in [5.41, 5.74) is 0. The van der Waals surface area contributed by atoms with Crippen molar-refractivity contribution in [2.75, 3.05) is 19.6 Å². The molecule has 0 atom stereocenters. The highest BCUT2D eigenvalue weighted by Gasteiger charge is 2.22. The summed E-state index contributed by atoms with van der Waals surface area (Å²) >= 11 is 0. The zero-order valence-corrected chi connectivity index (χ0v) is 8.52. The van der Waals surface area contributed by atoms with Gasteiger partial charge in [-0.1, -0.05) is 12.5 Å².